The first-order valence-corrected chi connectivity index (χ1v) is 20.3. The van der Waals surface area contributed by atoms with Crippen molar-refractivity contribution < 1.29 is 33.8 Å². The second kappa shape index (κ2) is 19.8. The van der Waals surface area contributed by atoms with Gasteiger partial charge in [-0.15, -0.1) is 0 Å². The Kier molecular flexibility index (Phi) is 16.1. The molecule has 1 aliphatic carbocycles. The molecule has 1 aromatic rings. The van der Waals surface area contributed by atoms with Crippen LogP contribution in [0.3, 0.4) is 0 Å². The van der Waals surface area contributed by atoms with E-state index in [0.29, 0.717) is 24.9 Å². The van der Waals surface area contributed by atoms with Crippen molar-refractivity contribution in [2.75, 3.05) is 34.4 Å². The first-order chi connectivity index (χ1) is 25.2. The topological polar surface area (TPSA) is 125 Å². The van der Waals surface area contributed by atoms with Gasteiger partial charge in [0.05, 0.1) is 36.8 Å². The Balaban J connectivity index is 1.43. The molecule has 0 radical (unpaired) electrons. The minimum absolute atomic E-state index is 0.0176. The number of aliphatic hydroxyl groups is 1. The maximum Gasteiger partial charge on any atom is 0.226 e. The Morgan fingerprint density at radius 1 is 1.02 bits per heavy atom. The van der Waals surface area contributed by atoms with Crippen LogP contribution >= 0.6 is 0 Å². The van der Waals surface area contributed by atoms with E-state index in [1.165, 1.54) is 0 Å². The first kappa shape index (κ1) is 43.1. The number of amides is 2. The Bertz CT molecular complexity index is 1390. The van der Waals surface area contributed by atoms with E-state index in [4.69, 9.17) is 9.47 Å². The number of hydrogen-bond donors (Lipinski definition) is 2. The number of ether oxygens (including phenoxy) is 2. The summed E-state index contributed by atoms with van der Waals surface area (Å²) in [6.07, 6.45) is 5.65. The maximum absolute atomic E-state index is 14.3. The van der Waals surface area contributed by atoms with Crippen molar-refractivity contribution in [1.29, 1.82) is 0 Å². The van der Waals surface area contributed by atoms with Crippen molar-refractivity contribution in [2.24, 2.45) is 35.5 Å². The molecule has 11 unspecified atom stereocenters. The molecule has 2 bridgehead atoms. The molecular weight excluding hydrogens is 670 g/mol. The molecule has 2 saturated heterocycles. The number of likely N-dealkylation sites (tertiary alicyclic amines) is 1. The van der Waals surface area contributed by atoms with E-state index in [1.54, 1.807) is 26.2 Å². The number of aryl methyl sites for hydroxylation is 1. The molecule has 1 saturated carbocycles. The number of nitrogens with one attached hydrogen (secondary N) is 1. The zero-order valence-corrected chi connectivity index (χ0v) is 34.0. The molecule has 0 aromatic heterocycles. The Labute approximate surface area is 319 Å². The van der Waals surface area contributed by atoms with Gasteiger partial charge in [0.25, 0.3) is 0 Å². The molecule has 11 atom stereocenters. The summed E-state index contributed by atoms with van der Waals surface area (Å²) in [7, 11) is 5.01. The number of benzene rings is 1. The van der Waals surface area contributed by atoms with E-state index in [-0.39, 0.29) is 85.1 Å². The number of piperidine rings is 1. The van der Waals surface area contributed by atoms with Gasteiger partial charge in [0, 0.05) is 65.1 Å². The van der Waals surface area contributed by atoms with Gasteiger partial charge >= 0.3 is 0 Å². The molecule has 10 heteroatoms. The van der Waals surface area contributed by atoms with Gasteiger partial charge in [0.2, 0.25) is 11.8 Å². The number of carbonyl (C=O) groups is 4. The average Bonchev–Trinajstić information content (AvgIpc) is 3.91. The molecule has 2 heterocycles. The number of fused-ring (bicyclic) bond motifs is 2. The fraction of sp³-hybridized carbons (Fsp3) is 0.767. The standard InChI is InChI=1S/C43H69N3O7/c1-10-28(5)41(45(7)43(51)34(26(2)3)23-37(49)40-32-16-17-33(22-32)44-40)38(52-8)24-39(50)46-18-12-15-35(46)42(53-9)29(6)36(48)21-31(25-47)20-30-14-11-13-27(4)19-30/h11,13-14,19,26,28-29,31-35,38,40-42,44,47H,10,12,15-18,20-25H2,1-9H3. The number of methoxy groups -OCH3 is 2. The lowest BCUT2D eigenvalue weighted by Crippen LogP contribution is -2.54. The predicted molar refractivity (Wildman–Crippen MR) is 207 cm³/mol. The summed E-state index contributed by atoms with van der Waals surface area (Å²) < 4.78 is 12.1. The van der Waals surface area contributed by atoms with Crippen LogP contribution in [0, 0.1) is 42.4 Å². The van der Waals surface area contributed by atoms with Gasteiger partial charge in [-0.25, -0.2) is 0 Å². The van der Waals surface area contributed by atoms with Gasteiger partial charge in [0.1, 0.15) is 5.78 Å². The fourth-order valence-corrected chi connectivity index (χ4v) is 9.61. The number of rotatable bonds is 21. The third-order valence-corrected chi connectivity index (χ3v) is 13.0. The van der Waals surface area contributed by atoms with E-state index in [1.807, 2.05) is 50.8 Å². The highest BCUT2D eigenvalue weighted by Gasteiger charge is 2.45. The number of hydrogen-bond acceptors (Lipinski definition) is 8. The van der Waals surface area contributed by atoms with Crippen molar-refractivity contribution in [3.8, 4) is 0 Å². The molecule has 3 fully saturated rings. The quantitative estimate of drug-likeness (QED) is 0.172. The summed E-state index contributed by atoms with van der Waals surface area (Å²) in [6, 6.07) is 7.76. The molecule has 3 aliphatic rings. The minimum Gasteiger partial charge on any atom is -0.396 e. The molecule has 1 aromatic carbocycles. The van der Waals surface area contributed by atoms with Gasteiger partial charge in [-0.1, -0.05) is 70.9 Å². The Hall–Kier alpha value is -2.66. The monoisotopic (exact) mass is 740 g/mol. The van der Waals surface area contributed by atoms with Crippen LogP contribution in [-0.4, -0.2) is 109 Å². The van der Waals surface area contributed by atoms with E-state index in [2.05, 4.69) is 25.2 Å². The average molecular weight is 740 g/mol. The summed E-state index contributed by atoms with van der Waals surface area (Å²) in [5, 5.41) is 13.7. The molecule has 0 spiro atoms. The molecule has 53 heavy (non-hydrogen) atoms. The normalized spacial score (nSPS) is 25.2. The van der Waals surface area contributed by atoms with E-state index in [9.17, 15) is 24.3 Å². The summed E-state index contributed by atoms with van der Waals surface area (Å²) in [6.45, 7) is 12.6. The van der Waals surface area contributed by atoms with Crippen LogP contribution in [0.25, 0.3) is 0 Å². The van der Waals surface area contributed by atoms with Crippen molar-refractivity contribution >= 4 is 23.4 Å². The van der Waals surface area contributed by atoms with Crippen LogP contribution in [0.1, 0.15) is 104 Å². The van der Waals surface area contributed by atoms with Crippen molar-refractivity contribution in [1.82, 2.24) is 15.1 Å². The third-order valence-electron chi connectivity index (χ3n) is 13.0. The third kappa shape index (κ3) is 10.6. The number of ketones is 2. The lowest BCUT2D eigenvalue weighted by Gasteiger charge is -2.41. The number of aliphatic hydroxyl groups excluding tert-OH is 1. The largest absolute Gasteiger partial charge is 0.396 e. The van der Waals surface area contributed by atoms with Crippen LogP contribution in [0.2, 0.25) is 0 Å². The van der Waals surface area contributed by atoms with Crippen LogP contribution < -0.4 is 5.32 Å². The van der Waals surface area contributed by atoms with Crippen LogP contribution in [0.5, 0.6) is 0 Å². The number of carbonyl (C=O) groups excluding carboxylic acids is 4. The first-order valence-electron chi connectivity index (χ1n) is 20.3. The van der Waals surface area contributed by atoms with Gasteiger partial charge < -0.3 is 29.7 Å². The highest BCUT2D eigenvalue weighted by molar-refractivity contribution is 5.90. The second-order valence-electron chi connectivity index (χ2n) is 16.9. The molecule has 2 N–H and O–H groups in total. The van der Waals surface area contributed by atoms with Crippen molar-refractivity contribution in [2.45, 2.75) is 142 Å². The van der Waals surface area contributed by atoms with Gasteiger partial charge in [-0.05, 0) is 74.7 Å². The highest BCUT2D eigenvalue weighted by Crippen LogP contribution is 2.37. The van der Waals surface area contributed by atoms with Crippen molar-refractivity contribution in [3.63, 3.8) is 0 Å². The molecular formula is C43H69N3O7. The van der Waals surface area contributed by atoms with Crippen LogP contribution in [0.4, 0.5) is 0 Å². The zero-order chi connectivity index (χ0) is 39.0. The summed E-state index contributed by atoms with van der Waals surface area (Å²) in [5.74, 6) is -0.748. The van der Waals surface area contributed by atoms with Crippen LogP contribution in [-0.2, 0) is 35.1 Å². The second-order valence-corrected chi connectivity index (χ2v) is 16.9. The van der Waals surface area contributed by atoms with Crippen LogP contribution in [0.15, 0.2) is 24.3 Å². The van der Waals surface area contributed by atoms with E-state index < -0.39 is 24.0 Å². The number of likely N-dealkylation sites (N-methyl/N-ethyl adjacent to an activating group) is 1. The summed E-state index contributed by atoms with van der Waals surface area (Å²) >= 11 is 0. The van der Waals surface area contributed by atoms with Gasteiger partial charge in [-0.3, -0.25) is 19.2 Å². The molecule has 10 nitrogen and oxygen atoms in total. The molecule has 4 rings (SSSR count). The fourth-order valence-electron chi connectivity index (χ4n) is 9.61. The van der Waals surface area contributed by atoms with Gasteiger partial charge in [0.15, 0.2) is 5.78 Å². The summed E-state index contributed by atoms with van der Waals surface area (Å²) in [4.78, 5) is 59.3. The van der Waals surface area contributed by atoms with Gasteiger partial charge in [-0.2, -0.15) is 0 Å². The lowest BCUT2D eigenvalue weighted by molar-refractivity contribution is -0.149. The highest BCUT2D eigenvalue weighted by atomic mass is 16.5. The van der Waals surface area contributed by atoms with E-state index in [0.717, 1.165) is 49.7 Å². The lowest BCUT2D eigenvalue weighted by atomic mass is 9.83. The molecule has 2 aliphatic heterocycles. The molecule has 2 amide bonds. The zero-order valence-electron chi connectivity index (χ0n) is 34.0. The van der Waals surface area contributed by atoms with E-state index >= 15 is 0 Å². The smallest absolute Gasteiger partial charge is 0.226 e. The predicted octanol–water partition coefficient (Wildman–Crippen LogP) is 5.40. The summed E-state index contributed by atoms with van der Waals surface area (Å²) in [5.41, 5.74) is 2.24. The SMILES string of the molecule is CCC(C)C(C(CC(=O)N1CCCC1C(OC)C(C)C(=O)CC(CO)Cc1cccc(C)c1)OC)N(C)C(=O)C(CC(=O)C1NC2CCC1C2)C(C)C. The Morgan fingerprint density at radius 2 is 1.75 bits per heavy atom. The minimum atomic E-state index is -0.560. The maximum atomic E-state index is 14.3. The number of nitrogens with zero attached hydrogens (tertiary/aromatic N) is 2. The van der Waals surface area contributed by atoms with Crippen molar-refractivity contribution in [3.05, 3.63) is 35.4 Å². The Morgan fingerprint density at radius 3 is 2.32 bits per heavy atom. The molecule has 298 valence electrons. The number of Topliss-reactive ketones (excluding diaryl/α,β-unsaturated/α-hetero) is 2.